The van der Waals surface area contributed by atoms with Crippen LogP contribution in [0, 0.1) is 10.1 Å². The van der Waals surface area contributed by atoms with Crippen LogP contribution in [0.4, 0.5) is 11.4 Å². The third kappa shape index (κ3) is 3.32. The largest absolute Gasteiger partial charge is 0.496 e. The molecule has 22 heavy (non-hydrogen) atoms. The van der Waals surface area contributed by atoms with Gasteiger partial charge in [-0.15, -0.1) is 0 Å². The molecule has 0 heterocycles. The molecule has 0 aliphatic carbocycles. The number of nitrogens with zero attached hydrogens (tertiary/aromatic N) is 1. The lowest BCUT2D eigenvalue weighted by Crippen LogP contribution is -2.12. The molecule has 0 aliphatic heterocycles. The fourth-order valence-electron chi connectivity index (χ4n) is 2.02. The third-order valence-corrected chi connectivity index (χ3v) is 3.14. The van der Waals surface area contributed by atoms with E-state index in [-0.39, 0.29) is 11.3 Å². The molecule has 114 valence electrons. The van der Waals surface area contributed by atoms with Crippen molar-refractivity contribution in [3.8, 4) is 5.75 Å². The molecule has 7 heteroatoms. The van der Waals surface area contributed by atoms with Gasteiger partial charge in [-0.1, -0.05) is 18.2 Å². The molecule has 3 N–H and O–H groups in total. The van der Waals surface area contributed by atoms with Crippen molar-refractivity contribution in [2.45, 2.75) is 6.54 Å². The summed E-state index contributed by atoms with van der Waals surface area (Å²) in [6.45, 7) is 0.348. The van der Waals surface area contributed by atoms with Gasteiger partial charge in [-0.05, 0) is 18.2 Å². The number of methoxy groups -OCH3 is 1. The molecule has 0 bridgehead atoms. The molecule has 2 rings (SSSR count). The van der Waals surface area contributed by atoms with Crippen molar-refractivity contribution in [1.82, 2.24) is 0 Å². The number of benzene rings is 2. The van der Waals surface area contributed by atoms with E-state index in [1.165, 1.54) is 12.1 Å². The van der Waals surface area contributed by atoms with Crippen LogP contribution in [0.25, 0.3) is 0 Å². The third-order valence-electron chi connectivity index (χ3n) is 3.14. The van der Waals surface area contributed by atoms with Gasteiger partial charge in [0.15, 0.2) is 0 Å². The molecular weight excluding hydrogens is 286 g/mol. The molecule has 0 aliphatic rings. The minimum Gasteiger partial charge on any atom is -0.496 e. The molecule has 7 nitrogen and oxygen atoms in total. The Morgan fingerprint density at radius 1 is 1.32 bits per heavy atom. The molecule has 0 saturated heterocycles. The zero-order valence-electron chi connectivity index (χ0n) is 11.9. The fourth-order valence-corrected chi connectivity index (χ4v) is 2.02. The van der Waals surface area contributed by atoms with Crippen LogP contribution < -0.4 is 15.8 Å². The Hall–Kier alpha value is -3.09. The van der Waals surface area contributed by atoms with Gasteiger partial charge in [0.2, 0.25) is 5.91 Å². The van der Waals surface area contributed by atoms with E-state index in [9.17, 15) is 14.9 Å². The van der Waals surface area contributed by atoms with Gasteiger partial charge >= 0.3 is 0 Å². The van der Waals surface area contributed by atoms with Crippen LogP contribution in [0.5, 0.6) is 5.75 Å². The Labute approximate surface area is 126 Å². The summed E-state index contributed by atoms with van der Waals surface area (Å²) in [5, 5.41) is 14.1. The van der Waals surface area contributed by atoms with E-state index < -0.39 is 10.8 Å². The van der Waals surface area contributed by atoms with E-state index in [4.69, 9.17) is 10.5 Å². The molecule has 0 fully saturated rings. The maximum absolute atomic E-state index is 11.1. The lowest BCUT2D eigenvalue weighted by atomic mass is 10.1. The Balaban J connectivity index is 2.26. The summed E-state index contributed by atoms with van der Waals surface area (Å²) in [5.41, 5.74) is 6.19. The molecule has 0 atom stereocenters. The number of nitrogens with one attached hydrogen (secondary N) is 1. The van der Waals surface area contributed by atoms with Gasteiger partial charge in [-0.25, -0.2) is 0 Å². The van der Waals surface area contributed by atoms with Crippen molar-refractivity contribution in [1.29, 1.82) is 0 Å². The Morgan fingerprint density at radius 3 is 2.68 bits per heavy atom. The summed E-state index contributed by atoms with van der Waals surface area (Å²) in [4.78, 5) is 21.7. The van der Waals surface area contributed by atoms with E-state index in [1.807, 2.05) is 24.3 Å². The monoisotopic (exact) mass is 301 g/mol. The van der Waals surface area contributed by atoms with Crippen LogP contribution in [0.2, 0.25) is 0 Å². The van der Waals surface area contributed by atoms with Gasteiger partial charge in [-0.2, -0.15) is 0 Å². The first kappa shape index (κ1) is 15.3. The van der Waals surface area contributed by atoms with Crippen molar-refractivity contribution < 1.29 is 14.5 Å². The van der Waals surface area contributed by atoms with Gasteiger partial charge in [0.05, 0.1) is 12.0 Å². The van der Waals surface area contributed by atoms with Crippen LogP contribution >= 0.6 is 0 Å². The first-order valence-corrected chi connectivity index (χ1v) is 6.47. The number of nitrogens with two attached hydrogens (primary N) is 1. The number of amides is 1. The SMILES string of the molecule is COc1ccccc1CNc1ccc(C(N)=O)cc1[N+](=O)[O-]. The average molecular weight is 301 g/mol. The summed E-state index contributed by atoms with van der Waals surface area (Å²) < 4.78 is 5.23. The van der Waals surface area contributed by atoms with Gasteiger partial charge in [0, 0.05) is 23.7 Å². The van der Waals surface area contributed by atoms with E-state index in [1.54, 1.807) is 7.11 Å². The van der Waals surface area contributed by atoms with Crippen molar-refractivity contribution in [2.75, 3.05) is 12.4 Å². The van der Waals surface area contributed by atoms with E-state index in [2.05, 4.69) is 5.32 Å². The number of hydrogen-bond acceptors (Lipinski definition) is 5. The molecule has 0 radical (unpaired) electrons. The molecule has 2 aromatic carbocycles. The lowest BCUT2D eigenvalue weighted by molar-refractivity contribution is -0.384. The summed E-state index contributed by atoms with van der Waals surface area (Å²) in [6, 6.07) is 11.4. The second-order valence-corrected chi connectivity index (χ2v) is 4.52. The predicted molar refractivity (Wildman–Crippen MR) is 81.9 cm³/mol. The summed E-state index contributed by atoms with van der Waals surface area (Å²) in [6.07, 6.45) is 0. The summed E-state index contributed by atoms with van der Waals surface area (Å²) in [5.74, 6) is -0.0224. The van der Waals surface area contributed by atoms with Crippen molar-refractivity contribution in [2.24, 2.45) is 5.73 Å². The summed E-state index contributed by atoms with van der Waals surface area (Å²) in [7, 11) is 1.56. The van der Waals surface area contributed by atoms with E-state index in [0.717, 1.165) is 11.6 Å². The van der Waals surface area contributed by atoms with Crippen molar-refractivity contribution in [3.05, 3.63) is 63.7 Å². The van der Waals surface area contributed by atoms with Crippen LogP contribution in [0.3, 0.4) is 0 Å². The molecule has 0 saturated carbocycles. The Bertz CT molecular complexity index is 716. The van der Waals surface area contributed by atoms with Gasteiger partial charge < -0.3 is 15.8 Å². The number of carbonyl (C=O) groups excluding carboxylic acids is 1. The molecule has 0 unspecified atom stereocenters. The highest BCUT2D eigenvalue weighted by atomic mass is 16.6. The quantitative estimate of drug-likeness (QED) is 0.629. The minimum atomic E-state index is -0.709. The number of ether oxygens (including phenoxy) is 1. The molecule has 0 aromatic heterocycles. The average Bonchev–Trinajstić information content (AvgIpc) is 2.52. The molecule has 1 amide bonds. The normalized spacial score (nSPS) is 10.0. The standard InChI is InChI=1S/C15H15N3O4/c1-22-14-5-3-2-4-11(14)9-17-12-7-6-10(15(16)19)8-13(12)18(20)21/h2-8,17H,9H2,1H3,(H2,16,19). The Morgan fingerprint density at radius 2 is 2.05 bits per heavy atom. The zero-order valence-corrected chi connectivity index (χ0v) is 11.9. The first-order valence-electron chi connectivity index (χ1n) is 6.47. The predicted octanol–water partition coefficient (Wildman–Crippen LogP) is 2.31. The van der Waals surface area contributed by atoms with E-state index in [0.29, 0.717) is 18.0 Å². The summed E-state index contributed by atoms with van der Waals surface area (Å²) >= 11 is 0. The van der Waals surface area contributed by atoms with Gasteiger partial charge in [0.25, 0.3) is 5.69 Å². The molecule has 2 aromatic rings. The number of rotatable bonds is 6. The second-order valence-electron chi connectivity index (χ2n) is 4.52. The van der Waals surface area contributed by atoms with Crippen LogP contribution in [-0.4, -0.2) is 17.9 Å². The van der Waals surface area contributed by atoms with Crippen molar-refractivity contribution >= 4 is 17.3 Å². The van der Waals surface area contributed by atoms with Gasteiger partial charge in [-0.3, -0.25) is 14.9 Å². The van der Waals surface area contributed by atoms with Crippen LogP contribution in [-0.2, 0) is 6.54 Å². The first-order chi connectivity index (χ1) is 10.5. The highest BCUT2D eigenvalue weighted by Gasteiger charge is 2.16. The zero-order chi connectivity index (χ0) is 16.1. The number of anilines is 1. The number of nitro groups is 1. The smallest absolute Gasteiger partial charge is 0.293 e. The lowest BCUT2D eigenvalue weighted by Gasteiger charge is -2.11. The van der Waals surface area contributed by atoms with Crippen molar-refractivity contribution in [3.63, 3.8) is 0 Å². The van der Waals surface area contributed by atoms with Crippen LogP contribution in [0.1, 0.15) is 15.9 Å². The number of hydrogen-bond donors (Lipinski definition) is 2. The Kier molecular flexibility index (Phi) is 4.57. The number of carbonyl (C=O) groups is 1. The van der Waals surface area contributed by atoms with Crippen LogP contribution in [0.15, 0.2) is 42.5 Å². The molecular formula is C15H15N3O4. The minimum absolute atomic E-state index is 0.0922. The highest BCUT2D eigenvalue weighted by molar-refractivity contribution is 5.94. The number of nitro benzene ring substituents is 1. The number of para-hydroxylation sites is 1. The fraction of sp³-hybridized carbons (Fsp3) is 0.133. The maximum Gasteiger partial charge on any atom is 0.293 e. The molecule has 0 spiro atoms. The topological polar surface area (TPSA) is 107 Å². The van der Waals surface area contributed by atoms with E-state index >= 15 is 0 Å². The number of primary amides is 1. The highest BCUT2D eigenvalue weighted by Crippen LogP contribution is 2.27. The second kappa shape index (κ2) is 6.57. The maximum atomic E-state index is 11.1. The van der Waals surface area contributed by atoms with Gasteiger partial charge in [0.1, 0.15) is 11.4 Å².